The van der Waals surface area contributed by atoms with Crippen LogP contribution in [0.25, 0.3) is 0 Å². The first kappa shape index (κ1) is 43.0. The molecule has 6 rings (SSSR count). The minimum atomic E-state index is -2.33. The number of benzene rings is 5. The number of hydrogen-bond donors (Lipinski definition) is 10. The lowest BCUT2D eigenvalue weighted by molar-refractivity contribution is -0.282. The van der Waals surface area contributed by atoms with E-state index in [2.05, 4.69) is 0 Å². The van der Waals surface area contributed by atoms with Gasteiger partial charge in [0.2, 0.25) is 12.4 Å². The van der Waals surface area contributed by atoms with E-state index in [1.807, 2.05) is 0 Å². The number of phenolic OH excluding ortho intramolecular Hbond substituents is 10. The van der Waals surface area contributed by atoms with Gasteiger partial charge in [0.25, 0.3) is 0 Å². The molecule has 0 unspecified atom stereocenters. The summed E-state index contributed by atoms with van der Waals surface area (Å²) in [6, 6.07) is 12.8. The van der Waals surface area contributed by atoms with Gasteiger partial charge in [-0.25, -0.2) is 24.0 Å². The van der Waals surface area contributed by atoms with Gasteiger partial charge in [0.05, 0.1) is 27.8 Å². The first-order valence-corrected chi connectivity index (χ1v) is 17.6. The van der Waals surface area contributed by atoms with E-state index in [9.17, 15) is 75.0 Å². The minimum Gasteiger partial charge on any atom is -0.508 e. The Labute approximate surface area is 346 Å². The highest BCUT2D eigenvalue weighted by molar-refractivity contribution is 5.93. The Hall–Kier alpha value is -8.59. The van der Waals surface area contributed by atoms with Crippen molar-refractivity contribution in [2.75, 3.05) is 6.61 Å². The SMILES string of the molecule is O=C(OC[C@H]1O[C@H](OC(=O)c2cc(O)cc(O)c2)[C@H](OC(=O)c2cc(O)cc(O)c2)[C@@H](OC(=O)c2cc(O)cc(O)c2)[C@@H]1OC(=O)c1cc(O)cc(O)c1)c1cc(O)cc(O)c1. The average Bonchev–Trinajstić information content (AvgIpc) is 3.17. The standard InChI is InChI=1S/C41H32O21/c42-22-1-17(2-23(43)11-22)36(52)57-16-32-33(59-37(53)18-3-24(44)12-25(45)4-18)34(60-38(54)19-5-26(46)13-27(47)6-19)35(61-39(55)20-7-28(48)14-29(49)8-20)41(58-32)62-40(56)21-9-30(50)15-31(51)10-21/h1-15,32-35,41-51H,16H2/t32-,33-,34+,35-,41-/m1/s1. The Kier molecular flexibility index (Phi) is 12.3. The summed E-state index contributed by atoms with van der Waals surface area (Å²) in [6.45, 7) is -1.05. The van der Waals surface area contributed by atoms with Gasteiger partial charge in [-0.3, -0.25) is 0 Å². The van der Waals surface area contributed by atoms with Crippen LogP contribution in [0.3, 0.4) is 0 Å². The molecule has 10 N–H and O–H groups in total. The van der Waals surface area contributed by atoms with Crippen molar-refractivity contribution >= 4 is 29.8 Å². The quantitative estimate of drug-likeness (QED) is 0.0673. The molecule has 5 atom stereocenters. The second-order valence-electron chi connectivity index (χ2n) is 13.3. The molecule has 0 aliphatic carbocycles. The van der Waals surface area contributed by atoms with Crippen molar-refractivity contribution in [3.05, 3.63) is 119 Å². The Morgan fingerprint density at radius 3 is 0.935 bits per heavy atom. The maximum atomic E-state index is 13.9. The molecule has 1 aliphatic rings. The molecule has 0 amide bonds. The molecule has 322 valence electrons. The molecular weight excluding hydrogens is 828 g/mol. The number of hydrogen-bond acceptors (Lipinski definition) is 21. The van der Waals surface area contributed by atoms with E-state index in [1.165, 1.54) is 0 Å². The summed E-state index contributed by atoms with van der Waals surface area (Å²) in [7, 11) is 0. The topological polar surface area (TPSA) is 343 Å². The molecule has 21 heteroatoms. The zero-order chi connectivity index (χ0) is 45.0. The summed E-state index contributed by atoms with van der Waals surface area (Å²) in [5, 5.41) is 101. The summed E-state index contributed by atoms with van der Waals surface area (Å²) >= 11 is 0. The zero-order valence-electron chi connectivity index (χ0n) is 31.2. The lowest BCUT2D eigenvalue weighted by Crippen LogP contribution is -2.63. The van der Waals surface area contributed by atoms with Gasteiger partial charge in [0.1, 0.15) is 70.2 Å². The van der Waals surface area contributed by atoms with Gasteiger partial charge < -0.3 is 79.5 Å². The van der Waals surface area contributed by atoms with Crippen molar-refractivity contribution < 1.29 is 103 Å². The Morgan fingerprint density at radius 1 is 0.355 bits per heavy atom. The van der Waals surface area contributed by atoms with Gasteiger partial charge in [-0.2, -0.15) is 0 Å². The maximum absolute atomic E-state index is 13.9. The smallest absolute Gasteiger partial charge is 0.340 e. The molecule has 5 aromatic rings. The second-order valence-corrected chi connectivity index (χ2v) is 13.3. The number of phenols is 10. The molecule has 0 saturated carbocycles. The van der Waals surface area contributed by atoms with Gasteiger partial charge in [-0.15, -0.1) is 0 Å². The maximum Gasteiger partial charge on any atom is 0.340 e. The number of carbonyl (C=O) groups excluding carboxylic acids is 5. The van der Waals surface area contributed by atoms with Crippen LogP contribution in [0.1, 0.15) is 51.8 Å². The van der Waals surface area contributed by atoms with E-state index in [0.29, 0.717) is 0 Å². The van der Waals surface area contributed by atoms with Crippen molar-refractivity contribution in [2.24, 2.45) is 0 Å². The molecule has 0 aromatic heterocycles. The molecular formula is C41H32O21. The van der Waals surface area contributed by atoms with E-state index < -0.39 is 152 Å². The van der Waals surface area contributed by atoms with Crippen LogP contribution in [-0.2, 0) is 28.4 Å². The number of carbonyl (C=O) groups is 5. The molecule has 1 aliphatic heterocycles. The van der Waals surface area contributed by atoms with Crippen molar-refractivity contribution in [3.63, 3.8) is 0 Å². The predicted molar refractivity (Wildman–Crippen MR) is 201 cm³/mol. The number of aromatic hydroxyl groups is 10. The van der Waals surface area contributed by atoms with Gasteiger partial charge in [-0.05, 0) is 60.7 Å². The summed E-state index contributed by atoms with van der Waals surface area (Å²) in [4.78, 5) is 68.2. The Bertz CT molecular complexity index is 2470. The minimum absolute atomic E-state index is 0.429. The summed E-state index contributed by atoms with van der Waals surface area (Å²) in [6.07, 6.45) is -11.0. The molecule has 0 radical (unpaired) electrons. The van der Waals surface area contributed by atoms with Crippen molar-refractivity contribution in [1.82, 2.24) is 0 Å². The number of rotatable bonds is 11. The third kappa shape index (κ3) is 10.3. The molecule has 0 spiro atoms. The van der Waals surface area contributed by atoms with Crippen LogP contribution >= 0.6 is 0 Å². The van der Waals surface area contributed by atoms with Crippen LogP contribution in [0, 0.1) is 0 Å². The van der Waals surface area contributed by atoms with E-state index in [-0.39, 0.29) is 0 Å². The molecule has 21 nitrogen and oxygen atoms in total. The van der Waals surface area contributed by atoms with Crippen LogP contribution in [0.15, 0.2) is 91.0 Å². The van der Waals surface area contributed by atoms with Gasteiger partial charge >= 0.3 is 29.8 Å². The van der Waals surface area contributed by atoms with Crippen molar-refractivity contribution in [2.45, 2.75) is 30.7 Å². The van der Waals surface area contributed by atoms with Crippen LogP contribution < -0.4 is 0 Å². The fraction of sp³-hybridized carbons (Fsp3) is 0.146. The first-order chi connectivity index (χ1) is 29.3. The van der Waals surface area contributed by atoms with Gasteiger partial charge in [-0.1, -0.05) is 0 Å². The van der Waals surface area contributed by atoms with E-state index >= 15 is 0 Å². The second kappa shape index (κ2) is 17.7. The van der Waals surface area contributed by atoms with Crippen LogP contribution in [-0.4, -0.2) is 118 Å². The molecule has 1 heterocycles. The highest BCUT2D eigenvalue weighted by atomic mass is 16.7. The van der Waals surface area contributed by atoms with Crippen molar-refractivity contribution in [3.8, 4) is 57.5 Å². The highest BCUT2D eigenvalue weighted by Gasteiger charge is 2.55. The van der Waals surface area contributed by atoms with Gasteiger partial charge in [0.15, 0.2) is 12.2 Å². The highest BCUT2D eigenvalue weighted by Crippen LogP contribution is 2.35. The van der Waals surface area contributed by atoms with E-state index in [1.54, 1.807) is 0 Å². The molecule has 0 bridgehead atoms. The summed E-state index contributed by atoms with van der Waals surface area (Å²) in [5.41, 5.74) is -2.65. The number of esters is 5. The Morgan fingerprint density at radius 2 is 0.613 bits per heavy atom. The third-order valence-electron chi connectivity index (χ3n) is 8.61. The first-order valence-electron chi connectivity index (χ1n) is 17.6. The van der Waals surface area contributed by atoms with E-state index in [4.69, 9.17) is 28.4 Å². The van der Waals surface area contributed by atoms with Crippen LogP contribution in [0.5, 0.6) is 57.5 Å². The average molecular weight is 861 g/mol. The normalized spacial score (nSPS) is 18.2. The largest absolute Gasteiger partial charge is 0.508 e. The third-order valence-corrected chi connectivity index (χ3v) is 8.61. The molecule has 1 fully saturated rings. The zero-order valence-corrected chi connectivity index (χ0v) is 31.2. The van der Waals surface area contributed by atoms with Crippen LogP contribution in [0.2, 0.25) is 0 Å². The molecule has 5 aromatic carbocycles. The fourth-order valence-corrected chi connectivity index (χ4v) is 6.06. The molecule has 1 saturated heterocycles. The lowest BCUT2D eigenvalue weighted by Gasteiger charge is -2.43. The van der Waals surface area contributed by atoms with Crippen LogP contribution in [0.4, 0.5) is 0 Å². The summed E-state index contributed by atoms with van der Waals surface area (Å²) < 4.78 is 33.9. The van der Waals surface area contributed by atoms with Gasteiger partial charge in [0, 0.05) is 30.3 Å². The molecule has 62 heavy (non-hydrogen) atoms. The van der Waals surface area contributed by atoms with Crippen molar-refractivity contribution in [1.29, 1.82) is 0 Å². The monoisotopic (exact) mass is 860 g/mol. The number of ether oxygens (including phenoxy) is 6. The fourth-order valence-electron chi connectivity index (χ4n) is 6.06. The van der Waals surface area contributed by atoms with E-state index in [0.717, 1.165) is 91.0 Å². The predicted octanol–water partition coefficient (Wildman–Crippen LogP) is 3.16. The summed E-state index contributed by atoms with van der Waals surface area (Å²) in [5.74, 6) is -13.2. The lowest BCUT2D eigenvalue weighted by atomic mass is 9.97. The Balaban J connectivity index is 1.49.